The molecule has 4 nitrogen and oxygen atoms in total. The molecular weight excluding hydrogens is 250 g/mol. The Morgan fingerprint density at radius 2 is 2.39 bits per heavy atom. The van der Waals surface area contributed by atoms with Crippen LogP contribution in [-0.2, 0) is 6.54 Å². The van der Waals surface area contributed by atoms with Gasteiger partial charge in [0, 0.05) is 24.0 Å². The first kappa shape index (κ1) is 11.7. The summed E-state index contributed by atoms with van der Waals surface area (Å²) in [5.74, 6) is 0.364. The molecule has 0 aromatic carbocycles. The summed E-state index contributed by atoms with van der Waals surface area (Å²) < 4.78 is 1.99. The van der Waals surface area contributed by atoms with Crippen LogP contribution in [0.15, 0.2) is 12.3 Å². The number of nitrogens with zero attached hydrogens (tertiary/aromatic N) is 3. The molecule has 1 unspecified atom stereocenters. The van der Waals surface area contributed by atoms with Crippen molar-refractivity contribution in [3.05, 3.63) is 23.2 Å². The van der Waals surface area contributed by atoms with E-state index < -0.39 is 0 Å². The summed E-state index contributed by atoms with van der Waals surface area (Å²) in [5, 5.41) is 1.12. The number of hydrogen-bond acceptors (Lipinski definition) is 3. The van der Waals surface area contributed by atoms with Gasteiger partial charge in [-0.1, -0.05) is 6.92 Å². The Morgan fingerprint density at radius 1 is 1.56 bits per heavy atom. The third kappa shape index (κ3) is 1.72. The van der Waals surface area contributed by atoms with Gasteiger partial charge in [0.25, 0.3) is 0 Å². The molecular formula is C13H14ClN3O. The van der Waals surface area contributed by atoms with E-state index in [1.54, 1.807) is 6.20 Å². The molecule has 0 saturated heterocycles. The number of halogens is 1. The van der Waals surface area contributed by atoms with E-state index in [0.29, 0.717) is 0 Å². The van der Waals surface area contributed by atoms with Crippen LogP contribution in [0.5, 0.6) is 0 Å². The average molecular weight is 264 g/mol. The summed E-state index contributed by atoms with van der Waals surface area (Å²) in [4.78, 5) is 20.6. The first-order valence-corrected chi connectivity index (χ1v) is 6.64. The number of Topliss-reactive ketones (excluding diaryl/α,β-unsaturated/α-hetero) is 1. The Bertz CT molecular complexity index is 620. The Labute approximate surface area is 110 Å². The molecule has 0 N–H and O–H groups in total. The molecule has 94 valence electrons. The van der Waals surface area contributed by atoms with Crippen molar-refractivity contribution >= 4 is 28.4 Å². The molecule has 18 heavy (non-hydrogen) atoms. The highest BCUT2D eigenvalue weighted by molar-refractivity contribution is 6.28. The van der Waals surface area contributed by atoms with Crippen LogP contribution in [0.3, 0.4) is 0 Å². The van der Waals surface area contributed by atoms with Gasteiger partial charge in [0.2, 0.25) is 5.28 Å². The van der Waals surface area contributed by atoms with Gasteiger partial charge in [-0.3, -0.25) is 4.79 Å². The SMILES string of the molecule is CCC1CCCn2c(cc3cnc(Cl)nc32)C1=O. The molecule has 0 saturated carbocycles. The minimum absolute atomic E-state index is 0.138. The summed E-state index contributed by atoms with van der Waals surface area (Å²) in [6.07, 6.45) is 4.53. The Morgan fingerprint density at radius 3 is 3.17 bits per heavy atom. The molecule has 0 amide bonds. The average Bonchev–Trinajstić information content (AvgIpc) is 2.64. The molecule has 0 radical (unpaired) electrons. The fourth-order valence-corrected chi connectivity index (χ4v) is 2.80. The number of aryl methyl sites for hydroxylation is 1. The molecule has 1 atom stereocenters. The predicted molar refractivity (Wildman–Crippen MR) is 69.9 cm³/mol. The second kappa shape index (κ2) is 4.35. The molecule has 1 aliphatic rings. The van der Waals surface area contributed by atoms with E-state index in [1.807, 2.05) is 10.6 Å². The number of ketones is 1. The van der Waals surface area contributed by atoms with Crippen molar-refractivity contribution in [2.45, 2.75) is 32.7 Å². The molecule has 0 aliphatic carbocycles. The summed E-state index contributed by atoms with van der Waals surface area (Å²) >= 11 is 5.83. The van der Waals surface area contributed by atoms with Crippen LogP contribution in [0.4, 0.5) is 0 Å². The minimum atomic E-state index is 0.138. The fraction of sp³-hybridized carbons (Fsp3) is 0.462. The van der Waals surface area contributed by atoms with Crippen LogP contribution in [-0.4, -0.2) is 20.3 Å². The van der Waals surface area contributed by atoms with E-state index in [9.17, 15) is 4.79 Å². The zero-order valence-corrected chi connectivity index (χ0v) is 10.9. The third-order valence-electron chi connectivity index (χ3n) is 3.66. The standard InChI is InChI=1S/C13H14ClN3O/c1-2-8-4-3-5-17-10(11(8)18)6-9-7-15-13(14)16-12(9)17/h6-8H,2-5H2,1H3. The molecule has 3 heterocycles. The molecule has 1 aliphatic heterocycles. The maximum Gasteiger partial charge on any atom is 0.224 e. The van der Waals surface area contributed by atoms with Gasteiger partial charge in [-0.05, 0) is 36.9 Å². The molecule has 3 rings (SSSR count). The highest BCUT2D eigenvalue weighted by Gasteiger charge is 2.26. The summed E-state index contributed by atoms with van der Waals surface area (Å²) in [5.41, 5.74) is 1.53. The first-order chi connectivity index (χ1) is 8.70. The van der Waals surface area contributed by atoms with Gasteiger partial charge in [-0.15, -0.1) is 0 Å². The number of carbonyl (C=O) groups is 1. The van der Waals surface area contributed by atoms with Crippen molar-refractivity contribution in [2.24, 2.45) is 5.92 Å². The zero-order chi connectivity index (χ0) is 12.7. The lowest BCUT2D eigenvalue weighted by molar-refractivity contribution is 0.0909. The Balaban J connectivity index is 2.21. The van der Waals surface area contributed by atoms with E-state index in [2.05, 4.69) is 16.9 Å². The van der Waals surface area contributed by atoms with Crippen molar-refractivity contribution in [1.29, 1.82) is 0 Å². The van der Waals surface area contributed by atoms with Gasteiger partial charge in [0.05, 0.1) is 5.69 Å². The second-order valence-corrected chi connectivity index (χ2v) is 5.05. The second-order valence-electron chi connectivity index (χ2n) is 4.71. The van der Waals surface area contributed by atoms with Gasteiger partial charge in [0.1, 0.15) is 5.65 Å². The molecule has 0 fully saturated rings. The van der Waals surface area contributed by atoms with Crippen LogP contribution >= 0.6 is 11.6 Å². The topological polar surface area (TPSA) is 47.8 Å². The van der Waals surface area contributed by atoms with Gasteiger partial charge in [-0.2, -0.15) is 4.98 Å². The monoisotopic (exact) mass is 263 g/mol. The van der Waals surface area contributed by atoms with Gasteiger partial charge in [-0.25, -0.2) is 4.98 Å². The van der Waals surface area contributed by atoms with Crippen molar-refractivity contribution in [2.75, 3.05) is 0 Å². The molecule has 2 aromatic heterocycles. The number of carbonyl (C=O) groups excluding carboxylic acids is 1. The van der Waals surface area contributed by atoms with E-state index in [0.717, 1.165) is 42.5 Å². The van der Waals surface area contributed by atoms with Crippen molar-refractivity contribution in [1.82, 2.24) is 14.5 Å². The van der Waals surface area contributed by atoms with Crippen LogP contribution in [0.25, 0.3) is 11.0 Å². The van der Waals surface area contributed by atoms with E-state index >= 15 is 0 Å². The minimum Gasteiger partial charge on any atom is -0.323 e. The molecule has 0 bridgehead atoms. The Hall–Kier alpha value is -1.42. The van der Waals surface area contributed by atoms with E-state index in [1.165, 1.54) is 0 Å². The van der Waals surface area contributed by atoms with E-state index in [4.69, 9.17) is 11.6 Å². The first-order valence-electron chi connectivity index (χ1n) is 6.26. The van der Waals surface area contributed by atoms with Gasteiger partial charge >= 0.3 is 0 Å². The largest absolute Gasteiger partial charge is 0.323 e. The summed E-state index contributed by atoms with van der Waals surface area (Å²) in [6.45, 7) is 2.89. The molecule has 2 aromatic rings. The maximum atomic E-state index is 12.4. The summed E-state index contributed by atoms with van der Waals surface area (Å²) in [6, 6.07) is 1.89. The number of aromatic nitrogens is 3. The fourth-order valence-electron chi connectivity index (χ4n) is 2.67. The Kier molecular flexibility index (Phi) is 2.82. The highest BCUT2D eigenvalue weighted by atomic mass is 35.5. The van der Waals surface area contributed by atoms with Crippen LogP contribution < -0.4 is 0 Å². The van der Waals surface area contributed by atoms with Gasteiger partial charge in [0.15, 0.2) is 5.78 Å². The smallest absolute Gasteiger partial charge is 0.224 e. The normalized spacial score (nSPS) is 19.9. The quantitative estimate of drug-likeness (QED) is 0.743. The van der Waals surface area contributed by atoms with E-state index in [-0.39, 0.29) is 17.0 Å². The zero-order valence-electron chi connectivity index (χ0n) is 10.2. The lowest BCUT2D eigenvalue weighted by atomic mass is 9.95. The number of rotatable bonds is 1. The van der Waals surface area contributed by atoms with Crippen molar-refractivity contribution in [3.8, 4) is 0 Å². The highest BCUT2D eigenvalue weighted by Crippen LogP contribution is 2.28. The number of fused-ring (bicyclic) bond motifs is 3. The molecule has 5 heteroatoms. The lowest BCUT2D eigenvalue weighted by Crippen LogP contribution is -2.14. The summed E-state index contributed by atoms with van der Waals surface area (Å²) in [7, 11) is 0. The van der Waals surface area contributed by atoms with Crippen molar-refractivity contribution in [3.63, 3.8) is 0 Å². The van der Waals surface area contributed by atoms with Crippen LogP contribution in [0.1, 0.15) is 36.7 Å². The van der Waals surface area contributed by atoms with Crippen LogP contribution in [0, 0.1) is 5.92 Å². The molecule has 0 spiro atoms. The van der Waals surface area contributed by atoms with Gasteiger partial charge < -0.3 is 4.57 Å². The maximum absolute atomic E-state index is 12.4. The number of hydrogen-bond donors (Lipinski definition) is 0. The predicted octanol–water partition coefficient (Wildman–Crippen LogP) is 3.09. The third-order valence-corrected chi connectivity index (χ3v) is 3.84. The lowest BCUT2D eigenvalue weighted by Gasteiger charge is -2.08. The van der Waals surface area contributed by atoms with Crippen molar-refractivity contribution < 1.29 is 4.79 Å². The van der Waals surface area contributed by atoms with Crippen LogP contribution in [0.2, 0.25) is 5.28 Å².